The lowest BCUT2D eigenvalue weighted by Crippen LogP contribution is -2.32. The van der Waals surface area contributed by atoms with Gasteiger partial charge in [0.2, 0.25) is 5.75 Å². The molecule has 1 fully saturated rings. The highest BCUT2D eigenvalue weighted by Crippen LogP contribution is 2.31. The predicted octanol–water partition coefficient (Wildman–Crippen LogP) is 1.10. The fraction of sp³-hybridized carbons (Fsp3) is 0.538. The summed E-state index contributed by atoms with van der Waals surface area (Å²) in [6.07, 6.45) is 1.56. The lowest BCUT2D eigenvalue weighted by atomic mass is 10.2. The van der Waals surface area contributed by atoms with Gasteiger partial charge in [-0.25, -0.2) is 0 Å². The zero-order valence-corrected chi connectivity index (χ0v) is 11.2. The molecule has 2 N–H and O–H groups in total. The molecule has 0 amide bonds. The molecule has 1 aromatic carbocycles. The van der Waals surface area contributed by atoms with Gasteiger partial charge in [-0.3, -0.25) is 10.1 Å². The summed E-state index contributed by atoms with van der Waals surface area (Å²) >= 11 is 0. The molecule has 1 unspecified atom stereocenters. The standard InChI is InChI=1S/C13H18N2O5/c1-19-11-4-5-12(15(17)18)13(6-11)20-8-10(16)7-14-9-2-3-9/h4-6,9-10,14,16H,2-3,7-8H2,1H3. The molecular formula is C13H18N2O5. The maximum Gasteiger partial charge on any atom is 0.311 e. The van der Waals surface area contributed by atoms with E-state index < -0.39 is 11.0 Å². The first-order chi connectivity index (χ1) is 9.60. The van der Waals surface area contributed by atoms with E-state index in [0.29, 0.717) is 18.3 Å². The molecular weight excluding hydrogens is 264 g/mol. The summed E-state index contributed by atoms with van der Waals surface area (Å²) < 4.78 is 10.3. The Morgan fingerprint density at radius 2 is 2.30 bits per heavy atom. The Bertz CT molecular complexity index is 476. The van der Waals surface area contributed by atoms with Gasteiger partial charge in [0.05, 0.1) is 12.0 Å². The topological polar surface area (TPSA) is 93.9 Å². The van der Waals surface area contributed by atoms with Gasteiger partial charge in [-0.1, -0.05) is 0 Å². The highest BCUT2D eigenvalue weighted by molar-refractivity contribution is 5.50. The van der Waals surface area contributed by atoms with Crippen molar-refractivity contribution < 1.29 is 19.5 Å². The van der Waals surface area contributed by atoms with Crippen molar-refractivity contribution in [3.63, 3.8) is 0 Å². The Labute approximate surface area is 116 Å². The molecule has 0 heterocycles. The van der Waals surface area contributed by atoms with E-state index in [4.69, 9.17) is 9.47 Å². The number of aliphatic hydroxyl groups is 1. The molecule has 20 heavy (non-hydrogen) atoms. The van der Waals surface area contributed by atoms with Crippen molar-refractivity contribution in [1.82, 2.24) is 5.32 Å². The van der Waals surface area contributed by atoms with Crippen molar-refractivity contribution in [3.8, 4) is 11.5 Å². The van der Waals surface area contributed by atoms with E-state index in [1.807, 2.05) is 0 Å². The van der Waals surface area contributed by atoms with Gasteiger partial charge in [-0.05, 0) is 18.9 Å². The van der Waals surface area contributed by atoms with Crippen molar-refractivity contribution in [2.24, 2.45) is 0 Å². The molecule has 1 aliphatic rings. The van der Waals surface area contributed by atoms with Crippen LogP contribution in [-0.2, 0) is 0 Å². The van der Waals surface area contributed by atoms with E-state index in [9.17, 15) is 15.2 Å². The van der Waals surface area contributed by atoms with Crippen molar-refractivity contribution in [3.05, 3.63) is 28.3 Å². The van der Waals surface area contributed by atoms with Gasteiger partial charge in [0.15, 0.2) is 0 Å². The summed E-state index contributed by atoms with van der Waals surface area (Å²) in [6.45, 7) is 0.413. The third-order valence-electron chi connectivity index (χ3n) is 3.01. The molecule has 0 aromatic heterocycles. The number of methoxy groups -OCH3 is 1. The quantitative estimate of drug-likeness (QED) is 0.547. The smallest absolute Gasteiger partial charge is 0.311 e. The lowest BCUT2D eigenvalue weighted by Gasteiger charge is -2.13. The summed E-state index contributed by atoms with van der Waals surface area (Å²) in [5.74, 6) is 0.566. The van der Waals surface area contributed by atoms with Gasteiger partial charge in [0.25, 0.3) is 0 Å². The molecule has 0 bridgehead atoms. The minimum Gasteiger partial charge on any atom is -0.497 e. The molecule has 7 nitrogen and oxygen atoms in total. The zero-order chi connectivity index (χ0) is 14.5. The number of ether oxygens (including phenoxy) is 2. The van der Waals surface area contributed by atoms with Crippen LogP contribution in [0.25, 0.3) is 0 Å². The minimum absolute atomic E-state index is 0.00622. The summed E-state index contributed by atoms with van der Waals surface area (Å²) in [6, 6.07) is 4.76. The molecule has 2 rings (SSSR count). The summed E-state index contributed by atoms with van der Waals surface area (Å²) in [5, 5.41) is 23.8. The number of nitro groups is 1. The SMILES string of the molecule is COc1ccc([N+](=O)[O-])c(OCC(O)CNC2CC2)c1. The van der Waals surface area contributed by atoms with E-state index in [-0.39, 0.29) is 18.0 Å². The second-order valence-corrected chi connectivity index (χ2v) is 4.74. The van der Waals surface area contributed by atoms with Crippen LogP contribution < -0.4 is 14.8 Å². The molecule has 7 heteroatoms. The van der Waals surface area contributed by atoms with Gasteiger partial charge < -0.3 is 19.9 Å². The third-order valence-corrected chi connectivity index (χ3v) is 3.01. The second kappa shape index (κ2) is 6.53. The van der Waals surface area contributed by atoms with Crippen molar-refractivity contribution in [2.75, 3.05) is 20.3 Å². The Balaban J connectivity index is 1.93. The van der Waals surface area contributed by atoms with E-state index >= 15 is 0 Å². The maximum absolute atomic E-state index is 10.9. The number of hydrogen-bond acceptors (Lipinski definition) is 6. The Kier molecular flexibility index (Phi) is 4.75. The fourth-order valence-corrected chi connectivity index (χ4v) is 1.72. The van der Waals surface area contributed by atoms with Gasteiger partial charge in [-0.2, -0.15) is 0 Å². The second-order valence-electron chi connectivity index (χ2n) is 4.74. The van der Waals surface area contributed by atoms with E-state index in [1.54, 1.807) is 0 Å². The average molecular weight is 282 g/mol. The van der Waals surface area contributed by atoms with Crippen LogP contribution in [-0.4, -0.2) is 42.4 Å². The Morgan fingerprint density at radius 3 is 2.90 bits per heavy atom. The van der Waals surface area contributed by atoms with Crippen LogP contribution in [0.4, 0.5) is 5.69 Å². The van der Waals surface area contributed by atoms with Crippen LogP contribution in [0.3, 0.4) is 0 Å². The molecule has 0 aliphatic heterocycles. The largest absolute Gasteiger partial charge is 0.497 e. The van der Waals surface area contributed by atoms with Gasteiger partial charge in [-0.15, -0.1) is 0 Å². The van der Waals surface area contributed by atoms with Gasteiger partial charge in [0, 0.05) is 24.7 Å². The molecule has 1 aliphatic carbocycles. The number of hydrogen-bond donors (Lipinski definition) is 2. The van der Waals surface area contributed by atoms with Gasteiger partial charge >= 0.3 is 5.69 Å². The Hall–Kier alpha value is -1.86. The first-order valence-corrected chi connectivity index (χ1v) is 6.47. The number of nitro benzene ring substituents is 1. The summed E-state index contributed by atoms with van der Waals surface area (Å²) in [5.41, 5.74) is -0.145. The molecule has 110 valence electrons. The number of nitrogens with zero attached hydrogens (tertiary/aromatic N) is 1. The summed E-state index contributed by atoms with van der Waals surface area (Å²) in [7, 11) is 1.47. The van der Waals surface area contributed by atoms with E-state index in [2.05, 4.69) is 5.32 Å². The van der Waals surface area contributed by atoms with Crippen LogP contribution >= 0.6 is 0 Å². The van der Waals surface area contributed by atoms with Gasteiger partial charge in [0.1, 0.15) is 18.5 Å². The number of rotatable bonds is 8. The lowest BCUT2D eigenvalue weighted by molar-refractivity contribution is -0.385. The highest BCUT2D eigenvalue weighted by Gasteiger charge is 2.22. The maximum atomic E-state index is 10.9. The molecule has 1 saturated carbocycles. The molecule has 1 aromatic rings. The van der Waals surface area contributed by atoms with Crippen LogP contribution in [0.15, 0.2) is 18.2 Å². The third kappa shape index (κ3) is 4.07. The molecule has 1 atom stereocenters. The minimum atomic E-state index is -0.707. The molecule has 0 radical (unpaired) electrons. The van der Waals surface area contributed by atoms with E-state index in [0.717, 1.165) is 12.8 Å². The average Bonchev–Trinajstić information content (AvgIpc) is 3.26. The summed E-state index contributed by atoms with van der Waals surface area (Å²) in [4.78, 5) is 10.4. The molecule has 0 saturated heterocycles. The first kappa shape index (κ1) is 14.5. The Morgan fingerprint density at radius 1 is 1.55 bits per heavy atom. The zero-order valence-electron chi connectivity index (χ0n) is 11.2. The van der Waals surface area contributed by atoms with Crippen LogP contribution in [0, 0.1) is 10.1 Å². The highest BCUT2D eigenvalue weighted by atomic mass is 16.6. The van der Waals surface area contributed by atoms with Crippen LogP contribution in [0.1, 0.15) is 12.8 Å². The number of nitrogens with one attached hydrogen (secondary N) is 1. The normalized spacial score (nSPS) is 15.7. The molecule has 0 spiro atoms. The van der Waals surface area contributed by atoms with Crippen molar-refractivity contribution in [1.29, 1.82) is 0 Å². The predicted molar refractivity (Wildman–Crippen MR) is 72.2 cm³/mol. The number of aliphatic hydroxyl groups excluding tert-OH is 1. The monoisotopic (exact) mass is 282 g/mol. The van der Waals surface area contributed by atoms with E-state index in [1.165, 1.54) is 25.3 Å². The fourth-order valence-electron chi connectivity index (χ4n) is 1.72. The van der Waals surface area contributed by atoms with Crippen LogP contribution in [0.5, 0.6) is 11.5 Å². The van der Waals surface area contributed by atoms with Crippen molar-refractivity contribution in [2.45, 2.75) is 25.0 Å². The first-order valence-electron chi connectivity index (χ1n) is 6.47. The number of benzene rings is 1. The van der Waals surface area contributed by atoms with Crippen molar-refractivity contribution >= 4 is 5.69 Å². The van der Waals surface area contributed by atoms with Crippen LogP contribution in [0.2, 0.25) is 0 Å².